The molecule has 0 fully saturated rings. The van der Waals surface area contributed by atoms with E-state index < -0.39 is 0 Å². The van der Waals surface area contributed by atoms with E-state index in [1.807, 2.05) is 12.1 Å². The molecule has 0 saturated carbocycles. The van der Waals surface area contributed by atoms with Gasteiger partial charge < -0.3 is 5.32 Å². The number of nitrogens with zero attached hydrogens (tertiary/aromatic N) is 2. The van der Waals surface area contributed by atoms with E-state index in [9.17, 15) is 4.79 Å². The predicted octanol–water partition coefficient (Wildman–Crippen LogP) is 5.13. The Balaban J connectivity index is 1.82. The van der Waals surface area contributed by atoms with Gasteiger partial charge in [-0.3, -0.25) is 4.79 Å². The van der Waals surface area contributed by atoms with Crippen LogP contribution in [0.15, 0.2) is 45.5 Å². The number of fused-ring (bicyclic) bond motifs is 1. The quantitative estimate of drug-likeness (QED) is 0.317. The molecule has 2 aromatic heterocycles. The highest BCUT2D eigenvalue weighted by atomic mass is 79.9. The highest BCUT2D eigenvalue weighted by Crippen LogP contribution is 2.38. The number of rotatable bonds is 7. The highest BCUT2D eigenvalue weighted by molar-refractivity contribution is 9.10. The van der Waals surface area contributed by atoms with Crippen LogP contribution in [0.3, 0.4) is 0 Å². The number of nitrogens with one attached hydrogen (secondary N) is 1. The minimum atomic E-state index is 0.0469. The Labute approximate surface area is 163 Å². The summed E-state index contributed by atoms with van der Waals surface area (Å²) in [6.07, 6.45) is 3.65. The first-order valence-electron chi connectivity index (χ1n) is 8.06. The molecule has 0 saturated heterocycles. The number of halogens is 1. The van der Waals surface area contributed by atoms with Crippen LogP contribution >= 0.6 is 39.0 Å². The van der Waals surface area contributed by atoms with Crippen molar-refractivity contribution in [3.05, 3.63) is 40.4 Å². The van der Waals surface area contributed by atoms with Crippen molar-refractivity contribution >= 4 is 55.2 Å². The monoisotopic (exact) mass is 435 g/mol. The van der Waals surface area contributed by atoms with Crippen molar-refractivity contribution in [2.24, 2.45) is 0 Å². The Bertz CT molecular complexity index is 864. The molecule has 0 spiro atoms. The zero-order valence-electron chi connectivity index (χ0n) is 13.8. The average Bonchev–Trinajstić information content (AvgIpc) is 3.05. The topological polar surface area (TPSA) is 54.9 Å². The molecule has 0 bridgehead atoms. The average molecular weight is 436 g/mol. The van der Waals surface area contributed by atoms with Gasteiger partial charge in [-0.25, -0.2) is 9.97 Å². The van der Waals surface area contributed by atoms with E-state index in [2.05, 4.69) is 55.7 Å². The molecule has 1 amide bonds. The molecule has 0 aliphatic heterocycles. The molecule has 0 radical (unpaired) electrons. The van der Waals surface area contributed by atoms with Crippen LogP contribution in [0.1, 0.15) is 19.8 Å². The Kier molecular flexibility index (Phi) is 6.45. The molecule has 0 unspecified atom stereocenters. The van der Waals surface area contributed by atoms with Gasteiger partial charge >= 0.3 is 0 Å². The third kappa shape index (κ3) is 4.59. The van der Waals surface area contributed by atoms with Gasteiger partial charge in [-0.15, -0.1) is 11.3 Å². The number of carbonyl (C=O) groups is 1. The molecular formula is C18H18BrN3OS2. The minimum absolute atomic E-state index is 0.0469. The van der Waals surface area contributed by atoms with Crippen molar-refractivity contribution in [2.45, 2.75) is 24.8 Å². The lowest BCUT2D eigenvalue weighted by molar-refractivity contribution is -0.118. The van der Waals surface area contributed by atoms with Crippen LogP contribution in [0.5, 0.6) is 0 Å². The maximum absolute atomic E-state index is 12.0. The van der Waals surface area contributed by atoms with Crippen LogP contribution in [0.25, 0.3) is 21.3 Å². The van der Waals surface area contributed by atoms with E-state index in [-0.39, 0.29) is 5.91 Å². The van der Waals surface area contributed by atoms with Crippen molar-refractivity contribution in [3.63, 3.8) is 0 Å². The molecule has 3 rings (SSSR count). The van der Waals surface area contributed by atoms with Gasteiger partial charge in [0.15, 0.2) is 0 Å². The molecule has 25 heavy (non-hydrogen) atoms. The predicted molar refractivity (Wildman–Crippen MR) is 109 cm³/mol. The first kappa shape index (κ1) is 18.4. The van der Waals surface area contributed by atoms with Gasteiger partial charge in [0.2, 0.25) is 5.91 Å². The van der Waals surface area contributed by atoms with Crippen molar-refractivity contribution < 1.29 is 4.79 Å². The van der Waals surface area contributed by atoms with E-state index in [0.717, 1.165) is 50.2 Å². The molecule has 4 nitrogen and oxygen atoms in total. The molecule has 1 N–H and O–H groups in total. The van der Waals surface area contributed by atoms with Crippen molar-refractivity contribution in [3.8, 4) is 11.1 Å². The number of amides is 1. The van der Waals surface area contributed by atoms with Crippen LogP contribution in [-0.2, 0) is 4.79 Å². The number of hydrogen-bond donors (Lipinski definition) is 1. The fourth-order valence-electron chi connectivity index (χ4n) is 2.39. The van der Waals surface area contributed by atoms with Crippen molar-refractivity contribution in [1.29, 1.82) is 0 Å². The van der Waals surface area contributed by atoms with Crippen LogP contribution in [0.2, 0.25) is 0 Å². The molecule has 0 aliphatic carbocycles. The van der Waals surface area contributed by atoms with Gasteiger partial charge in [-0.2, -0.15) is 0 Å². The van der Waals surface area contributed by atoms with E-state index in [1.165, 1.54) is 11.8 Å². The van der Waals surface area contributed by atoms with E-state index in [0.29, 0.717) is 5.75 Å². The third-order valence-corrected chi connectivity index (χ3v) is 6.09. The lowest BCUT2D eigenvalue weighted by Gasteiger charge is -2.06. The molecule has 1 aromatic carbocycles. The van der Waals surface area contributed by atoms with Crippen LogP contribution < -0.4 is 5.32 Å². The first-order chi connectivity index (χ1) is 12.2. The molecule has 2 heterocycles. The molecule has 130 valence electrons. The fourth-order valence-corrected chi connectivity index (χ4v) is 4.48. The Morgan fingerprint density at radius 2 is 2.08 bits per heavy atom. The van der Waals surface area contributed by atoms with Gasteiger partial charge in [0, 0.05) is 22.0 Å². The summed E-state index contributed by atoms with van der Waals surface area (Å²) < 4.78 is 1.05. The van der Waals surface area contributed by atoms with Crippen molar-refractivity contribution in [2.75, 3.05) is 12.3 Å². The summed E-state index contributed by atoms with van der Waals surface area (Å²) >= 11 is 6.54. The number of unbranched alkanes of at least 4 members (excludes halogenated alkanes) is 1. The summed E-state index contributed by atoms with van der Waals surface area (Å²) in [4.78, 5) is 21.7. The van der Waals surface area contributed by atoms with Gasteiger partial charge in [-0.1, -0.05) is 53.2 Å². The Hall–Kier alpha value is -1.44. The molecule has 0 aliphatic rings. The summed E-state index contributed by atoms with van der Waals surface area (Å²) in [7, 11) is 0. The van der Waals surface area contributed by atoms with Gasteiger partial charge in [0.1, 0.15) is 16.2 Å². The SMILES string of the molecule is CCCCNC(=O)CSc1ncnc2scc(-c3ccc(Br)cc3)c12. The van der Waals surface area contributed by atoms with Gasteiger partial charge in [-0.05, 0) is 24.1 Å². The zero-order valence-corrected chi connectivity index (χ0v) is 17.0. The second kappa shape index (κ2) is 8.78. The summed E-state index contributed by atoms with van der Waals surface area (Å²) in [5.74, 6) is 0.413. The maximum Gasteiger partial charge on any atom is 0.230 e. The van der Waals surface area contributed by atoms with Gasteiger partial charge in [0.05, 0.1) is 11.1 Å². The lowest BCUT2D eigenvalue weighted by Crippen LogP contribution is -2.26. The number of thiophene rings is 1. The van der Waals surface area contributed by atoms with Crippen LogP contribution in [0, 0.1) is 0 Å². The minimum Gasteiger partial charge on any atom is -0.355 e. The van der Waals surface area contributed by atoms with Crippen molar-refractivity contribution in [1.82, 2.24) is 15.3 Å². The smallest absolute Gasteiger partial charge is 0.230 e. The van der Waals surface area contributed by atoms with Crippen LogP contribution in [-0.4, -0.2) is 28.2 Å². The molecule has 0 atom stereocenters. The van der Waals surface area contributed by atoms with Crippen LogP contribution in [0.4, 0.5) is 0 Å². The standard InChI is InChI=1S/C18H18BrN3OS2/c1-2-3-8-20-15(23)10-25-18-16-14(9-24-17(16)21-11-22-18)12-4-6-13(19)7-5-12/h4-7,9,11H,2-3,8,10H2,1H3,(H,20,23). The second-order valence-corrected chi connectivity index (χ2v) is 8.25. The summed E-state index contributed by atoms with van der Waals surface area (Å²) in [5, 5.41) is 6.93. The number of thioether (sulfide) groups is 1. The molecular weight excluding hydrogens is 418 g/mol. The number of carbonyl (C=O) groups excluding carboxylic acids is 1. The maximum atomic E-state index is 12.0. The summed E-state index contributed by atoms with van der Waals surface area (Å²) in [5.41, 5.74) is 2.24. The van der Waals surface area contributed by atoms with E-state index in [1.54, 1.807) is 17.7 Å². The Morgan fingerprint density at radius 1 is 1.28 bits per heavy atom. The number of benzene rings is 1. The fraction of sp³-hybridized carbons (Fsp3) is 0.278. The van der Waals surface area contributed by atoms with Gasteiger partial charge in [0.25, 0.3) is 0 Å². The lowest BCUT2D eigenvalue weighted by atomic mass is 10.1. The Morgan fingerprint density at radius 3 is 2.84 bits per heavy atom. The molecule has 3 aromatic rings. The zero-order chi connectivity index (χ0) is 17.6. The summed E-state index contributed by atoms with van der Waals surface area (Å²) in [6.45, 7) is 2.84. The molecule has 7 heteroatoms. The third-order valence-electron chi connectivity index (χ3n) is 3.68. The van der Waals surface area contributed by atoms with E-state index >= 15 is 0 Å². The van der Waals surface area contributed by atoms with E-state index in [4.69, 9.17) is 0 Å². The number of hydrogen-bond acceptors (Lipinski definition) is 5. The largest absolute Gasteiger partial charge is 0.355 e. The highest BCUT2D eigenvalue weighted by Gasteiger charge is 2.14. The second-order valence-electron chi connectivity index (χ2n) is 5.51. The number of aromatic nitrogens is 2. The first-order valence-corrected chi connectivity index (χ1v) is 10.7. The normalized spacial score (nSPS) is 11.0. The summed E-state index contributed by atoms with van der Waals surface area (Å²) in [6, 6.07) is 8.20.